The first-order valence-electron chi connectivity index (χ1n) is 15.8. The minimum Gasteiger partial charge on any atom is -0.460 e. The Labute approximate surface area is 280 Å². The summed E-state index contributed by atoms with van der Waals surface area (Å²) < 4.78 is 13.0. The minimum absolute atomic E-state index is 0.0614. The highest BCUT2D eigenvalue weighted by Crippen LogP contribution is 2.43. The van der Waals surface area contributed by atoms with Gasteiger partial charge in [-0.25, -0.2) is 9.97 Å². The quantitative estimate of drug-likeness (QED) is 0.234. The molecule has 7 nitrogen and oxygen atoms in total. The molecule has 2 aromatic rings. The maximum Gasteiger partial charge on any atom is 0.312 e. The van der Waals surface area contributed by atoms with Crippen molar-refractivity contribution < 1.29 is 24.2 Å². The van der Waals surface area contributed by atoms with E-state index < -0.39 is 22.0 Å². The maximum absolute atomic E-state index is 12.9. The molecule has 9 heteroatoms. The zero-order valence-corrected chi connectivity index (χ0v) is 30.6. The van der Waals surface area contributed by atoms with Gasteiger partial charge in [0.2, 0.25) is 0 Å². The molecule has 0 unspecified atom stereocenters. The third-order valence-electron chi connectivity index (χ3n) is 8.39. The van der Waals surface area contributed by atoms with Crippen molar-refractivity contribution >= 4 is 43.8 Å². The van der Waals surface area contributed by atoms with E-state index in [1.807, 2.05) is 77.9 Å². The van der Waals surface area contributed by atoms with Crippen LogP contribution in [0.4, 0.5) is 0 Å². The summed E-state index contributed by atoms with van der Waals surface area (Å²) in [6.45, 7) is 13.7. The predicted molar refractivity (Wildman–Crippen MR) is 180 cm³/mol. The van der Waals surface area contributed by atoms with Crippen molar-refractivity contribution in [3.63, 3.8) is 0 Å². The minimum atomic E-state index is -0.583. The second-order valence-corrected chi connectivity index (χ2v) is 16.4. The Kier molecular flexibility index (Phi) is 12.6. The average molecular weight is 739 g/mol. The van der Waals surface area contributed by atoms with Crippen LogP contribution in [-0.4, -0.2) is 44.3 Å². The molecule has 2 fully saturated rings. The summed E-state index contributed by atoms with van der Waals surface area (Å²) in [7, 11) is 0. The zero-order valence-electron chi connectivity index (χ0n) is 27.4. The lowest BCUT2D eigenvalue weighted by Gasteiger charge is -2.39. The molecule has 0 amide bonds. The molecule has 0 aliphatic heterocycles. The third-order valence-corrected chi connectivity index (χ3v) is 9.28. The highest BCUT2D eigenvalue weighted by Gasteiger charge is 2.45. The van der Waals surface area contributed by atoms with Gasteiger partial charge >= 0.3 is 11.9 Å². The average Bonchev–Trinajstić information content (AvgIpc) is 2.90. The number of hydrogen-bond donors (Lipinski definition) is 1. The molecule has 2 heterocycles. The molecule has 44 heavy (non-hydrogen) atoms. The molecule has 244 valence electrons. The first-order chi connectivity index (χ1) is 20.4. The van der Waals surface area contributed by atoms with Crippen LogP contribution in [0.3, 0.4) is 0 Å². The number of carbonyl (C=O) groups excluding carboxylic acids is 2. The van der Waals surface area contributed by atoms with E-state index in [2.05, 4.69) is 48.8 Å². The number of nitrogens with zero attached hydrogens (tertiary/aromatic N) is 2. The number of pyridine rings is 2. The molecule has 4 rings (SSSR count). The van der Waals surface area contributed by atoms with Crippen molar-refractivity contribution in [1.29, 1.82) is 0 Å². The maximum atomic E-state index is 12.9. The van der Waals surface area contributed by atoms with Gasteiger partial charge in [0.1, 0.15) is 20.4 Å². The molecule has 0 atom stereocenters. The molecule has 2 saturated carbocycles. The molecule has 2 aliphatic carbocycles. The molecular weight excluding hydrogens is 688 g/mol. The second kappa shape index (κ2) is 15.2. The van der Waals surface area contributed by atoms with Gasteiger partial charge in [-0.15, -0.1) is 0 Å². The van der Waals surface area contributed by atoms with E-state index in [-0.39, 0.29) is 18.0 Å². The number of esters is 2. The molecule has 0 spiro atoms. The van der Waals surface area contributed by atoms with Crippen LogP contribution in [-0.2, 0) is 31.9 Å². The number of carbonyl (C=O) groups is 2. The normalized spacial score (nSPS) is 25.8. The van der Waals surface area contributed by atoms with Crippen LogP contribution in [0.15, 0.2) is 45.6 Å². The zero-order chi connectivity index (χ0) is 32.8. The molecule has 0 saturated heterocycles. The first-order valence-corrected chi connectivity index (χ1v) is 17.4. The Bertz CT molecular complexity index is 1160. The van der Waals surface area contributed by atoms with Crippen molar-refractivity contribution in [1.82, 2.24) is 9.97 Å². The van der Waals surface area contributed by atoms with E-state index in [4.69, 9.17) is 9.47 Å². The van der Waals surface area contributed by atoms with E-state index in [1.165, 1.54) is 0 Å². The van der Waals surface area contributed by atoms with Crippen molar-refractivity contribution in [3.8, 4) is 0 Å². The fourth-order valence-electron chi connectivity index (χ4n) is 5.94. The summed E-state index contributed by atoms with van der Waals surface area (Å²) >= 11 is 6.79. The van der Waals surface area contributed by atoms with Gasteiger partial charge in [0.25, 0.3) is 0 Å². The Morgan fingerprint density at radius 2 is 1.11 bits per heavy atom. The molecule has 2 aliphatic rings. The molecular formula is C35H50Br2N2O5. The molecule has 0 radical (unpaired) electrons. The van der Waals surface area contributed by atoms with Crippen LogP contribution in [0.2, 0.25) is 0 Å². The standard InChI is InChI=1S/C18H26BrNO2.C17H24BrNO3/c1-13-8-10-18(11-9-13,16(21)22-17(2,3)4)12-14-6-5-7-15(19)20-14;1-16(2,3)22-15(21)17(9-7-13(20)8-10-17)11-12-5-4-6-14(18)19-12/h5-7,13H,8-12H2,1-4H3;4-6,13,20H,7-11H2,1-3H3. The van der Waals surface area contributed by atoms with Gasteiger partial charge in [0.05, 0.1) is 16.9 Å². The van der Waals surface area contributed by atoms with Crippen LogP contribution in [0.25, 0.3) is 0 Å². The summed E-state index contributed by atoms with van der Waals surface area (Å²) in [5, 5.41) is 9.79. The van der Waals surface area contributed by atoms with E-state index in [9.17, 15) is 14.7 Å². The molecule has 2 aromatic heterocycles. The van der Waals surface area contributed by atoms with E-state index in [1.54, 1.807) is 0 Å². The Balaban J connectivity index is 0.000000240. The van der Waals surface area contributed by atoms with Crippen molar-refractivity contribution in [2.24, 2.45) is 16.7 Å². The predicted octanol–water partition coefficient (Wildman–Crippen LogP) is 8.57. The van der Waals surface area contributed by atoms with Crippen LogP contribution in [0.5, 0.6) is 0 Å². The van der Waals surface area contributed by atoms with E-state index >= 15 is 0 Å². The van der Waals surface area contributed by atoms with E-state index in [0.29, 0.717) is 44.4 Å². The number of ether oxygens (including phenoxy) is 2. The van der Waals surface area contributed by atoms with Crippen molar-refractivity contribution in [2.45, 2.75) is 130 Å². The monoisotopic (exact) mass is 736 g/mol. The third kappa shape index (κ3) is 11.2. The highest BCUT2D eigenvalue weighted by atomic mass is 79.9. The van der Waals surface area contributed by atoms with E-state index in [0.717, 1.165) is 46.3 Å². The summed E-state index contributed by atoms with van der Waals surface area (Å²) in [5.41, 5.74) is -0.136. The lowest BCUT2D eigenvalue weighted by atomic mass is 9.68. The van der Waals surface area contributed by atoms with Gasteiger partial charge in [-0.1, -0.05) is 19.1 Å². The van der Waals surface area contributed by atoms with Crippen molar-refractivity contribution in [2.75, 3.05) is 0 Å². The van der Waals surface area contributed by atoms with Gasteiger partial charge in [0.15, 0.2) is 0 Å². The number of aliphatic hydroxyl groups excluding tert-OH is 1. The van der Waals surface area contributed by atoms with Gasteiger partial charge in [0, 0.05) is 24.2 Å². The smallest absolute Gasteiger partial charge is 0.312 e. The first kappa shape index (κ1) is 36.6. The van der Waals surface area contributed by atoms with Gasteiger partial charge < -0.3 is 14.6 Å². The number of aromatic nitrogens is 2. The van der Waals surface area contributed by atoms with Crippen LogP contribution in [0, 0.1) is 16.7 Å². The number of aliphatic hydroxyl groups is 1. The number of halogens is 2. The van der Waals surface area contributed by atoms with Gasteiger partial charge in [-0.05, 0) is 155 Å². The molecule has 1 N–H and O–H groups in total. The van der Waals surface area contributed by atoms with Crippen LogP contribution < -0.4 is 0 Å². The highest BCUT2D eigenvalue weighted by molar-refractivity contribution is 9.10. The summed E-state index contributed by atoms with van der Waals surface area (Å²) in [6, 6.07) is 11.6. The molecule has 0 bridgehead atoms. The summed E-state index contributed by atoms with van der Waals surface area (Å²) in [5.74, 6) is 0.452. The van der Waals surface area contributed by atoms with Gasteiger partial charge in [-0.2, -0.15) is 0 Å². The van der Waals surface area contributed by atoms with Crippen LogP contribution in [0.1, 0.15) is 111 Å². The molecule has 0 aromatic carbocycles. The van der Waals surface area contributed by atoms with Gasteiger partial charge in [-0.3, -0.25) is 9.59 Å². The fraction of sp³-hybridized carbons (Fsp3) is 0.657. The topological polar surface area (TPSA) is 98.6 Å². The Morgan fingerprint density at radius 3 is 1.45 bits per heavy atom. The van der Waals surface area contributed by atoms with Crippen LogP contribution >= 0.6 is 31.9 Å². The Hall–Kier alpha value is -1.84. The largest absolute Gasteiger partial charge is 0.460 e. The lowest BCUT2D eigenvalue weighted by molar-refractivity contribution is -0.172. The lowest BCUT2D eigenvalue weighted by Crippen LogP contribution is -2.43. The van der Waals surface area contributed by atoms with Crippen molar-refractivity contribution in [3.05, 3.63) is 57.0 Å². The fourth-order valence-corrected chi connectivity index (χ4v) is 6.70. The SMILES string of the molecule is CC(C)(C)OC(=O)C1(Cc2cccc(Br)n2)CCC(O)CC1.CC1CCC(Cc2cccc(Br)n2)(C(=O)OC(C)(C)C)CC1. The number of hydrogen-bond acceptors (Lipinski definition) is 7. The summed E-state index contributed by atoms with van der Waals surface area (Å²) in [6.07, 6.45) is 7.36. The Morgan fingerprint density at radius 1 is 0.750 bits per heavy atom. The second-order valence-electron chi connectivity index (χ2n) is 14.7. The summed E-state index contributed by atoms with van der Waals surface area (Å²) in [4.78, 5) is 34.6. The number of rotatable bonds is 6.